The van der Waals surface area contributed by atoms with Crippen molar-refractivity contribution in [2.75, 3.05) is 6.54 Å². The molecule has 2 aromatic rings. The van der Waals surface area contributed by atoms with Crippen LogP contribution in [-0.2, 0) is 6.54 Å². The maximum absolute atomic E-state index is 13.5. The molecule has 0 amide bonds. The van der Waals surface area contributed by atoms with Gasteiger partial charge in [-0.05, 0) is 55.3 Å². The van der Waals surface area contributed by atoms with E-state index in [1.165, 1.54) is 16.5 Å². The molecule has 0 atom stereocenters. The summed E-state index contributed by atoms with van der Waals surface area (Å²) in [6.45, 7) is 8.05. The summed E-state index contributed by atoms with van der Waals surface area (Å²) in [5.41, 5.74) is 2.26. The van der Waals surface area contributed by atoms with Crippen LogP contribution in [0.5, 0.6) is 0 Å². The van der Waals surface area contributed by atoms with E-state index in [1.54, 1.807) is 17.8 Å². The average Bonchev–Trinajstić information content (AvgIpc) is 2.43. The van der Waals surface area contributed by atoms with Gasteiger partial charge in [0.1, 0.15) is 5.82 Å². The van der Waals surface area contributed by atoms with Crippen LogP contribution in [0.15, 0.2) is 52.3 Å². The molecule has 3 heteroatoms. The lowest BCUT2D eigenvalue weighted by Gasteiger charge is -2.12. The molecule has 0 radical (unpaired) electrons. The van der Waals surface area contributed by atoms with Crippen molar-refractivity contribution >= 4 is 11.8 Å². The molecule has 2 rings (SSSR count). The fraction of sp³-hybridized carbons (Fsp3) is 0.333. The molecule has 0 aliphatic heterocycles. The van der Waals surface area contributed by atoms with Gasteiger partial charge < -0.3 is 5.32 Å². The second kappa shape index (κ2) is 7.62. The Morgan fingerprint density at radius 2 is 1.81 bits per heavy atom. The lowest BCUT2D eigenvalue weighted by atomic mass is 10.2. The van der Waals surface area contributed by atoms with E-state index < -0.39 is 0 Å². The first-order valence-electron chi connectivity index (χ1n) is 7.28. The van der Waals surface area contributed by atoms with Crippen molar-refractivity contribution in [1.29, 1.82) is 0 Å². The maximum Gasteiger partial charge on any atom is 0.123 e. The second-order valence-corrected chi connectivity index (χ2v) is 6.81. The van der Waals surface area contributed by atoms with E-state index in [4.69, 9.17) is 0 Å². The summed E-state index contributed by atoms with van der Waals surface area (Å²) in [7, 11) is 0. The largest absolute Gasteiger partial charge is 0.312 e. The van der Waals surface area contributed by atoms with Gasteiger partial charge in [-0.1, -0.05) is 43.3 Å². The molecular formula is C18H22FNS. The van der Waals surface area contributed by atoms with Gasteiger partial charge in [0, 0.05) is 16.3 Å². The first-order valence-corrected chi connectivity index (χ1v) is 8.10. The van der Waals surface area contributed by atoms with Gasteiger partial charge >= 0.3 is 0 Å². The number of aryl methyl sites for hydroxylation is 1. The van der Waals surface area contributed by atoms with Crippen LogP contribution in [0.4, 0.5) is 4.39 Å². The molecule has 0 aromatic heterocycles. The molecule has 0 saturated heterocycles. The minimum absolute atomic E-state index is 0.176. The van der Waals surface area contributed by atoms with Crippen molar-refractivity contribution < 1.29 is 4.39 Å². The highest BCUT2D eigenvalue weighted by molar-refractivity contribution is 7.99. The molecule has 2 aromatic carbocycles. The molecule has 21 heavy (non-hydrogen) atoms. The molecule has 0 spiro atoms. The van der Waals surface area contributed by atoms with Crippen molar-refractivity contribution in [2.24, 2.45) is 5.92 Å². The van der Waals surface area contributed by atoms with E-state index in [0.717, 1.165) is 17.0 Å². The van der Waals surface area contributed by atoms with Gasteiger partial charge in [-0.25, -0.2) is 4.39 Å². The quantitative estimate of drug-likeness (QED) is 0.803. The third-order valence-electron chi connectivity index (χ3n) is 3.14. The summed E-state index contributed by atoms with van der Waals surface area (Å²) >= 11 is 1.68. The highest BCUT2D eigenvalue weighted by atomic mass is 32.2. The van der Waals surface area contributed by atoms with Crippen LogP contribution < -0.4 is 5.32 Å². The molecule has 0 aliphatic rings. The molecule has 0 aliphatic carbocycles. The SMILES string of the molecule is Cc1ccc(Sc2ccc(F)cc2CNCC(C)C)cc1. The first-order chi connectivity index (χ1) is 10.0. The molecule has 0 fully saturated rings. The van der Waals surface area contributed by atoms with Gasteiger partial charge in [-0.3, -0.25) is 0 Å². The van der Waals surface area contributed by atoms with Gasteiger partial charge in [0.05, 0.1) is 0 Å². The van der Waals surface area contributed by atoms with Crippen molar-refractivity contribution in [2.45, 2.75) is 37.1 Å². The molecule has 0 saturated carbocycles. The molecule has 1 N–H and O–H groups in total. The van der Waals surface area contributed by atoms with E-state index in [1.807, 2.05) is 6.07 Å². The van der Waals surface area contributed by atoms with Crippen molar-refractivity contribution in [3.8, 4) is 0 Å². The Morgan fingerprint density at radius 1 is 1.10 bits per heavy atom. The van der Waals surface area contributed by atoms with Crippen LogP contribution >= 0.6 is 11.8 Å². The third kappa shape index (κ3) is 5.18. The number of halogens is 1. The number of hydrogen-bond acceptors (Lipinski definition) is 2. The molecule has 0 heterocycles. The van der Waals surface area contributed by atoms with Gasteiger partial charge in [0.25, 0.3) is 0 Å². The predicted molar refractivity (Wildman–Crippen MR) is 88.2 cm³/mol. The fourth-order valence-electron chi connectivity index (χ4n) is 2.01. The minimum Gasteiger partial charge on any atom is -0.312 e. The number of nitrogens with one attached hydrogen (secondary N) is 1. The Balaban J connectivity index is 2.12. The Labute approximate surface area is 131 Å². The summed E-state index contributed by atoms with van der Waals surface area (Å²) in [5, 5.41) is 3.38. The topological polar surface area (TPSA) is 12.0 Å². The second-order valence-electron chi connectivity index (χ2n) is 5.69. The zero-order chi connectivity index (χ0) is 15.2. The third-order valence-corrected chi connectivity index (χ3v) is 4.27. The Kier molecular flexibility index (Phi) is 5.83. The van der Waals surface area contributed by atoms with Crippen LogP contribution in [0.1, 0.15) is 25.0 Å². The standard InChI is InChI=1S/C18H22FNS/c1-13(2)11-20-12-15-10-16(19)6-9-18(15)21-17-7-4-14(3)5-8-17/h4-10,13,20H,11-12H2,1-3H3. The highest BCUT2D eigenvalue weighted by Crippen LogP contribution is 2.31. The summed E-state index contributed by atoms with van der Waals surface area (Å²) < 4.78 is 13.5. The van der Waals surface area contributed by atoms with Crippen LogP contribution in [-0.4, -0.2) is 6.54 Å². The van der Waals surface area contributed by atoms with Crippen LogP contribution in [0.2, 0.25) is 0 Å². The summed E-state index contributed by atoms with van der Waals surface area (Å²) in [4.78, 5) is 2.29. The minimum atomic E-state index is -0.176. The Bertz CT molecular complexity index is 578. The van der Waals surface area contributed by atoms with Crippen LogP contribution in [0, 0.1) is 18.7 Å². The summed E-state index contributed by atoms with van der Waals surface area (Å²) in [5.74, 6) is 0.413. The van der Waals surface area contributed by atoms with Gasteiger partial charge in [-0.2, -0.15) is 0 Å². The average molecular weight is 303 g/mol. The number of benzene rings is 2. The maximum atomic E-state index is 13.5. The van der Waals surface area contributed by atoms with Crippen molar-refractivity contribution in [1.82, 2.24) is 5.32 Å². The molecular weight excluding hydrogens is 281 g/mol. The zero-order valence-electron chi connectivity index (χ0n) is 12.8. The Hall–Kier alpha value is -1.32. The lowest BCUT2D eigenvalue weighted by Crippen LogP contribution is -2.19. The zero-order valence-corrected chi connectivity index (χ0v) is 13.6. The first kappa shape index (κ1) is 16.1. The molecule has 1 nitrogen and oxygen atoms in total. The summed E-state index contributed by atoms with van der Waals surface area (Å²) in [6.07, 6.45) is 0. The molecule has 0 unspecified atom stereocenters. The van der Waals surface area contributed by atoms with E-state index in [0.29, 0.717) is 12.5 Å². The van der Waals surface area contributed by atoms with E-state index in [-0.39, 0.29) is 5.82 Å². The number of hydrogen-bond donors (Lipinski definition) is 1. The van der Waals surface area contributed by atoms with E-state index in [9.17, 15) is 4.39 Å². The van der Waals surface area contributed by atoms with Crippen LogP contribution in [0.25, 0.3) is 0 Å². The molecule has 0 bridgehead atoms. The van der Waals surface area contributed by atoms with Crippen molar-refractivity contribution in [3.63, 3.8) is 0 Å². The Morgan fingerprint density at radius 3 is 2.48 bits per heavy atom. The lowest BCUT2D eigenvalue weighted by molar-refractivity contribution is 0.547. The highest BCUT2D eigenvalue weighted by Gasteiger charge is 2.06. The number of rotatable bonds is 6. The monoisotopic (exact) mass is 303 g/mol. The van der Waals surface area contributed by atoms with E-state index >= 15 is 0 Å². The molecule has 112 valence electrons. The van der Waals surface area contributed by atoms with Gasteiger partial charge in [0.2, 0.25) is 0 Å². The normalized spacial score (nSPS) is 11.1. The fourth-order valence-corrected chi connectivity index (χ4v) is 2.94. The van der Waals surface area contributed by atoms with Crippen LogP contribution in [0.3, 0.4) is 0 Å². The summed E-state index contributed by atoms with van der Waals surface area (Å²) in [6, 6.07) is 13.4. The smallest absolute Gasteiger partial charge is 0.123 e. The van der Waals surface area contributed by atoms with Gasteiger partial charge in [0.15, 0.2) is 0 Å². The van der Waals surface area contributed by atoms with Gasteiger partial charge in [-0.15, -0.1) is 0 Å². The van der Waals surface area contributed by atoms with E-state index in [2.05, 4.69) is 50.4 Å². The predicted octanol–water partition coefficient (Wildman–Crippen LogP) is 5.03. The van der Waals surface area contributed by atoms with Crippen molar-refractivity contribution in [3.05, 3.63) is 59.4 Å².